The Bertz CT molecular complexity index is 910. The van der Waals surface area contributed by atoms with Crippen LogP contribution in [0.4, 0.5) is 18.9 Å². The first-order chi connectivity index (χ1) is 13.5. The first-order valence-corrected chi connectivity index (χ1v) is 10.0. The lowest BCUT2D eigenvalue weighted by atomic mass is 9.97. The van der Waals surface area contributed by atoms with Crippen LogP contribution in [-0.4, -0.2) is 23.6 Å². The minimum absolute atomic E-state index is 0.000759. The van der Waals surface area contributed by atoms with Crippen molar-refractivity contribution in [1.29, 1.82) is 0 Å². The van der Waals surface area contributed by atoms with Crippen LogP contribution in [0.2, 0.25) is 15.1 Å². The lowest BCUT2D eigenvalue weighted by molar-refractivity contribution is -0.175. The number of nitrogens with zero attached hydrogens (tertiary/aromatic N) is 2. The molecule has 29 heavy (non-hydrogen) atoms. The molecule has 0 spiro atoms. The topological polar surface area (TPSA) is 23.6 Å². The first kappa shape index (κ1) is 22.2. The summed E-state index contributed by atoms with van der Waals surface area (Å²) in [6, 6.07) is 10.1. The zero-order valence-electron chi connectivity index (χ0n) is 15.6. The molecule has 0 saturated carbocycles. The SMILES string of the molecule is CC(C)c1ccccc1CN1CC(C(F)(F)F)C(=O)N1c1c(Cl)cc(Cl)cc1Cl. The van der Waals surface area contributed by atoms with Gasteiger partial charge < -0.3 is 0 Å². The van der Waals surface area contributed by atoms with Crippen LogP contribution in [-0.2, 0) is 11.3 Å². The summed E-state index contributed by atoms with van der Waals surface area (Å²) in [6.45, 7) is 3.57. The number of alkyl halides is 3. The monoisotopic (exact) mass is 464 g/mol. The van der Waals surface area contributed by atoms with E-state index in [-0.39, 0.29) is 33.2 Å². The molecule has 0 N–H and O–H groups in total. The maximum absolute atomic E-state index is 13.5. The summed E-state index contributed by atoms with van der Waals surface area (Å²) in [5.41, 5.74) is 1.81. The Hall–Kier alpha value is -1.47. The first-order valence-electron chi connectivity index (χ1n) is 8.88. The van der Waals surface area contributed by atoms with E-state index in [2.05, 4.69) is 0 Å². The molecule has 1 aliphatic heterocycles. The van der Waals surface area contributed by atoms with Crippen molar-refractivity contribution in [2.24, 2.45) is 5.92 Å². The van der Waals surface area contributed by atoms with E-state index in [0.29, 0.717) is 0 Å². The van der Waals surface area contributed by atoms with Gasteiger partial charge in [0, 0.05) is 18.1 Å². The van der Waals surface area contributed by atoms with Gasteiger partial charge in [0.25, 0.3) is 5.91 Å². The Labute approximate surface area is 181 Å². The van der Waals surface area contributed by atoms with E-state index < -0.39 is 24.5 Å². The van der Waals surface area contributed by atoms with E-state index >= 15 is 0 Å². The van der Waals surface area contributed by atoms with Crippen molar-refractivity contribution in [1.82, 2.24) is 5.01 Å². The second-order valence-electron chi connectivity index (χ2n) is 7.16. The molecule has 1 fully saturated rings. The molecule has 1 atom stereocenters. The summed E-state index contributed by atoms with van der Waals surface area (Å²) in [7, 11) is 0. The van der Waals surface area contributed by atoms with Gasteiger partial charge in [0.15, 0.2) is 0 Å². The molecule has 0 aliphatic carbocycles. The van der Waals surface area contributed by atoms with Crippen LogP contribution in [0.15, 0.2) is 36.4 Å². The highest BCUT2D eigenvalue weighted by Gasteiger charge is 2.54. The van der Waals surface area contributed by atoms with Gasteiger partial charge in [0.1, 0.15) is 5.92 Å². The van der Waals surface area contributed by atoms with Crippen molar-refractivity contribution in [2.75, 3.05) is 11.6 Å². The highest BCUT2D eigenvalue weighted by molar-refractivity contribution is 6.42. The molecule has 1 unspecified atom stereocenters. The number of carbonyl (C=O) groups excluding carboxylic acids is 1. The Kier molecular flexibility index (Phi) is 6.39. The molecule has 0 bridgehead atoms. The number of rotatable bonds is 4. The van der Waals surface area contributed by atoms with Crippen LogP contribution in [0.5, 0.6) is 0 Å². The van der Waals surface area contributed by atoms with Crippen molar-refractivity contribution < 1.29 is 18.0 Å². The van der Waals surface area contributed by atoms with Crippen molar-refractivity contribution in [3.63, 3.8) is 0 Å². The molecule has 1 aliphatic rings. The predicted octanol–water partition coefficient (Wildman–Crippen LogP) is 6.71. The minimum atomic E-state index is -4.69. The summed E-state index contributed by atoms with van der Waals surface area (Å²) in [6.07, 6.45) is -4.69. The maximum Gasteiger partial charge on any atom is 0.401 e. The number of hydrogen-bond acceptors (Lipinski definition) is 2. The molecular formula is C20H18Cl3F3N2O. The number of carbonyl (C=O) groups is 1. The number of hydrogen-bond donors (Lipinski definition) is 0. The molecule has 0 radical (unpaired) electrons. The van der Waals surface area contributed by atoms with Crippen LogP contribution in [0.25, 0.3) is 0 Å². The van der Waals surface area contributed by atoms with E-state index in [1.807, 2.05) is 38.1 Å². The van der Waals surface area contributed by atoms with Crippen molar-refractivity contribution in [3.05, 3.63) is 62.6 Å². The van der Waals surface area contributed by atoms with Gasteiger partial charge in [0.05, 0.1) is 15.7 Å². The fraction of sp³-hybridized carbons (Fsp3) is 0.350. The van der Waals surface area contributed by atoms with Gasteiger partial charge in [-0.1, -0.05) is 72.9 Å². The maximum atomic E-state index is 13.5. The minimum Gasteiger partial charge on any atom is -0.272 e. The Morgan fingerprint density at radius 2 is 1.69 bits per heavy atom. The fourth-order valence-corrected chi connectivity index (χ4v) is 4.44. The van der Waals surface area contributed by atoms with Crippen molar-refractivity contribution in [3.8, 4) is 0 Å². The molecule has 3 rings (SSSR count). The largest absolute Gasteiger partial charge is 0.401 e. The molecule has 3 nitrogen and oxygen atoms in total. The van der Waals surface area contributed by atoms with E-state index in [9.17, 15) is 18.0 Å². The number of amides is 1. The zero-order valence-corrected chi connectivity index (χ0v) is 17.9. The third-order valence-corrected chi connectivity index (χ3v) is 5.60. The third-order valence-electron chi connectivity index (χ3n) is 4.80. The Morgan fingerprint density at radius 1 is 1.10 bits per heavy atom. The highest BCUT2D eigenvalue weighted by atomic mass is 35.5. The van der Waals surface area contributed by atoms with Gasteiger partial charge >= 0.3 is 6.18 Å². The van der Waals surface area contributed by atoms with Crippen LogP contribution in [0.3, 0.4) is 0 Å². The lowest BCUT2D eigenvalue weighted by Crippen LogP contribution is -2.40. The van der Waals surface area contributed by atoms with Crippen LogP contribution >= 0.6 is 34.8 Å². The molecule has 1 heterocycles. The second kappa shape index (κ2) is 8.34. The van der Waals surface area contributed by atoms with E-state index in [1.54, 1.807) is 0 Å². The van der Waals surface area contributed by atoms with E-state index in [4.69, 9.17) is 34.8 Å². The van der Waals surface area contributed by atoms with Crippen molar-refractivity contribution >= 4 is 46.4 Å². The van der Waals surface area contributed by atoms with Crippen molar-refractivity contribution in [2.45, 2.75) is 32.5 Å². The zero-order chi connectivity index (χ0) is 21.5. The fourth-order valence-electron chi connectivity index (χ4n) is 3.46. The molecule has 1 saturated heterocycles. The molecule has 2 aromatic carbocycles. The summed E-state index contributed by atoms with van der Waals surface area (Å²) in [5.74, 6) is -3.12. The van der Waals surface area contributed by atoms with Gasteiger partial charge in [-0.05, 0) is 29.2 Å². The third kappa shape index (κ3) is 4.50. The van der Waals surface area contributed by atoms with Gasteiger partial charge in [-0.25, -0.2) is 10.0 Å². The average Bonchev–Trinajstić information content (AvgIpc) is 2.91. The Balaban J connectivity index is 2.08. The molecule has 9 heteroatoms. The smallest absolute Gasteiger partial charge is 0.272 e. The molecule has 156 valence electrons. The molecule has 1 amide bonds. The van der Waals surface area contributed by atoms with Gasteiger partial charge in [-0.2, -0.15) is 13.2 Å². The standard InChI is InChI=1S/C20H18Cl3F3N2O/c1-11(2)14-6-4-3-5-12(14)9-27-10-15(20(24,25)26)19(29)28(27)18-16(22)7-13(21)8-17(18)23/h3-8,11,15H,9-10H2,1-2H3. The van der Waals surface area contributed by atoms with Crippen LogP contribution in [0.1, 0.15) is 30.9 Å². The summed E-state index contributed by atoms with van der Waals surface area (Å²) < 4.78 is 40.6. The lowest BCUT2D eigenvalue weighted by Gasteiger charge is -2.30. The average molecular weight is 466 g/mol. The predicted molar refractivity (Wildman–Crippen MR) is 109 cm³/mol. The normalized spacial score (nSPS) is 18.2. The number of benzene rings is 2. The number of hydrazine groups is 1. The summed E-state index contributed by atoms with van der Waals surface area (Å²) in [4.78, 5) is 12.8. The van der Waals surface area contributed by atoms with E-state index in [0.717, 1.165) is 16.1 Å². The molecule has 2 aromatic rings. The number of halogens is 6. The Morgan fingerprint density at radius 3 is 2.24 bits per heavy atom. The summed E-state index contributed by atoms with van der Waals surface area (Å²) >= 11 is 18.4. The van der Waals surface area contributed by atoms with Gasteiger partial charge in [0.2, 0.25) is 0 Å². The quantitative estimate of drug-likeness (QED) is 0.501. The second-order valence-corrected chi connectivity index (χ2v) is 8.41. The van der Waals surface area contributed by atoms with Crippen LogP contribution in [0, 0.1) is 5.92 Å². The highest BCUT2D eigenvalue weighted by Crippen LogP contribution is 2.43. The molecular weight excluding hydrogens is 448 g/mol. The molecule has 0 aromatic heterocycles. The summed E-state index contributed by atoms with van der Waals surface area (Å²) in [5, 5.41) is 2.50. The van der Waals surface area contributed by atoms with Gasteiger partial charge in [-0.3, -0.25) is 4.79 Å². The van der Waals surface area contributed by atoms with E-state index in [1.165, 1.54) is 17.1 Å². The van der Waals surface area contributed by atoms with Crippen LogP contribution < -0.4 is 5.01 Å². The van der Waals surface area contributed by atoms with Gasteiger partial charge in [-0.15, -0.1) is 0 Å². The number of anilines is 1.